The second-order valence-corrected chi connectivity index (χ2v) is 5.85. The minimum Gasteiger partial charge on any atom is -0.391 e. The molecule has 1 saturated carbocycles. The lowest BCUT2D eigenvalue weighted by Gasteiger charge is -2.34. The highest BCUT2D eigenvalue weighted by atomic mass is 16.3. The normalized spacial score (nSPS) is 23.6. The van der Waals surface area contributed by atoms with Gasteiger partial charge < -0.3 is 5.11 Å². The zero-order valence-electron chi connectivity index (χ0n) is 12.1. The van der Waals surface area contributed by atoms with Crippen molar-refractivity contribution in [2.45, 2.75) is 38.0 Å². The highest BCUT2D eigenvalue weighted by Gasteiger charge is 2.35. The number of aliphatic hydroxyl groups is 1. The Morgan fingerprint density at radius 1 is 1.09 bits per heavy atom. The first-order valence-corrected chi connectivity index (χ1v) is 7.55. The number of benzene rings is 1. The Morgan fingerprint density at radius 2 is 1.86 bits per heavy atom. The third-order valence-corrected chi connectivity index (χ3v) is 4.57. The van der Waals surface area contributed by atoms with Crippen LogP contribution in [-0.2, 0) is 6.54 Å². The Morgan fingerprint density at radius 3 is 2.64 bits per heavy atom. The van der Waals surface area contributed by atoms with E-state index in [1.165, 1.54) is 13.9 Å². The number of aliphatic hydroxyl groups excluding tert-OH is 1. The van der Waals surface area contributed by atoms with Crippen molar-refractivity contribution in [3.63, 3.8) is 0 Å². The zero-order valence-corrected chi connectivity index (χ0v) is 12.1. The molecule has 6 nitrogen and oxygen atoms in total. The fourth-order valence-electron chi connectivity index (χ4n) is 3.54. The van der Waals surface area contributed by atoms with Crippen LogP contribution in [0.5, 0.6) is 0 Å². The molecular formula is C16H17N3O3. The molecule has 22 heavy (non-hydrogen) atoms. The molecule has 1 aliphatic heterocycles. The Labute approximate surface area is 126 Å². The predicted molar refractivity (Wildman–Crippen MR) is 81.3 cm³/mol. The fourth-order valence-corrected chi connectivity index (χ4v) is 3.54. The van der Waals surface area contributed by atoms with E-state index in [9.17, 15) is 14.7 Å². The SMILES string of the molecule is O=c1n(-c2ccccc2)c(=O)n2n1CC=C1CCC[C@@H](O)[C@@H]12. The summed E-state index contributed by atoms with van der Waals surface area (Å²) in [7, 11) is 0. The van der Waals surface area contributed by atoms with Gasteiger partial charge in [0.05, 0.1) is 18.3 Å². The molecule has 114 valence electrons. The van der Waals surface area contributed by atoms with E-state index in [-0.39, 0.29) is 11.4 Å². The van der Waals surface area contributed by atoms with Gasteiger partial charge in [0.1, 0.15) is 6.04 Å². The molecule has 1 fully saturated rings. The van der Waals surface area contributed by atoms with Crippen molar-refractivity contribution in [2.24, 2.45) is 0 Å². The first kappa shape index (κ1) is 13.3. The lowest BCUT2D eigenvalue weighted by atomic mass is 9.86. The summed E-state index contributed by atoms with van der Waals surface area (Å²) in [6.45, 7) is 0.381. The molecule has 2 aliphatic rings. The summed E-state index contributed by atoms with van der Waals surface area (Å²) < 4.78 is 4.05. The van der Waals surface area contributed by atoms with Crippen molar-refractivity contribution in [1.82, 2.24) is 13.9 Å². The maximum Gasteiger partial charge on any atom is 0.352 e. The molecule has 2 atom stereocenters. The molecule has 2 aromatic rings. The summed E-state index contributed by atoms with van der Waals surface area (Å²) >= 11 is 0. The summed E-state index contributed by atoms with van der Waals surface area (Å²) in [5.74, 6) is 0. The van der Waals surface area contributed by atoms with E-state index in [4.69, 9.17) is 0 Å². The molecule has 0 amide bonds. The molecule has 0 unspecified atom stereocenters. The van der Waals surface area contributed by atoms with Gasteiger partial charge in [0.15, 0.2) is 0 Å². The number of hydrogen-bond acceptors (Lipinski definition) is 3. The number of para-hydroxylation sites is 1. The molecule has 1 aliphatic carbocycles. The average Bonchev–Trinajstić information content (AvgIpc) is 2.80. The van der Waals surface area contributed by atoms with E-state index < -0.39 is 12.1 Å². The predicted octanol–water partition coefficient (Wildman–Crippen LogP) is 0.827. The van der Waals surface area contributed by atoms with E-state index >= 15 is 0 Å². The van der Waals surface area contributed by atoms with Crippen molar-refractivity contribution < 1.29 is 5.11 Å². The van der Waals surface area contributed by atoms with E-state index in [1.807, 2.05) is 12.1 Å². The third kappa shape index (κ3) is 1.77. The van der Waals surface area contributed by atoms with Gasteiger partial charge in [0.25, 0.3) is 0 Å². The highest BCUT2D eigenvalue weighted by Crippen LogP contribution is 2.34. The number of rotatable bonds is 1. The van der Waals surface area contributed by atoms with Crippen LogP contribution in [0.1, 0.15) is 25.3 Å². The molecule has 0 bridgehead atoms. The van der Waals surface area contributed by atoms with Crippen LogP contribution in [0, 0.1) is 0 Å². The van der Waals surface area contributed by atoms with E-state index in [2.05, 4.69) is 0 Å². The van der Waals surface area contributed by atoms with Gasteiger partial charge in [-0.3, -0.25) is 0 Å². The minimum absolute atomic E-state index is 0.357. The van der Waals surface area contributed by atoms with Crippen LogP contribution in [0.2, 0.25) is 0 Å². The lowest BCUT2D eigenvalue weighted by Crippen LogP contribution is -2.42. The van der Waals surface area contributed by atoms with E-state index in [0.717, 1.165) is 18.4 Å². The quantitative estimate of drug-likeness (QED) is 0.793. The lowest BCUT2D eigenvalue weighted by molar-refractivity contribution is 0.0834. The second kappa shape index (κ2) is 4.84. The monoisotopic (exact) mass is 299 g/mol. The Hall–Kier alpha value is -2.34. The molecule has 1 aromatic heterocycles. The van der Waals surface area contributed by atoms with Crippen molar-refractivity contribution in [3.8, 4) is 5.69 Å². The van der Waals surface area contributed by atoms with Gasteiger partial charge in [-0.25, -0.2) is 23.5 Å². The molecule has 1 aromatic carbocycles. The molecule has 2 heterocycles. The van der Waals surface area contributed by atoms with Crippen LogP contribution in [0.25, 0.3) is 5.69 Å². The zero-order chi connectivity index (χ0) is 15.3. The molecule has 4 rings (SSSR count). The first-order valence-electron chi connectivity index (χ1n) is 7.55. The maximum atomic E-state index is 12.8. The Bertz CT molecular complexity index is 857. The van der Waals surface area contributed by atoms with Gasteiger partial charge in [0, 0.05) is 0 Å². The molecule has 0 spiro atoms. The van der Waals surface area contributed by atoms with Gasteiger partial charge >= 0.3 is 11.4 Å². The van der Waals surface area contributed by atoms with Crippen LogP contribution < -0.4 is 11.4 Å². The number of fused-ring (bicyclic) bond motifs is 3. The molecular weight excluding hydrogens is 282 g/mol. The van der Waals surface area contributed by atoms with Crippen molar-refractivity contribution in [2.75, 3.05) is 0 Å². The smallest absolute Gasteiger partial charge is 0.352 e. The van der Waals surface area contributed by atoms with Crippen molar-refractivity contribution in [3.05, 3.63) is 62.9 Å². The molecule has 0 radical (unpaired) electrons. The van der Waals surface area contributed by atoms with Gasteiger partial charge in [-0.1, -0.05) is 24.3 Å². The van der Waals surface area contributed by atoms with E-state index in [1.54, 1.807) is 24.3 Å². The number of nitrogens with zero attached hydrogens (tertiary/aromatic N) is 3. The molecule has 0 saturated heterocycles. The summed E-state index contributed by atoms with van der Waals surface area (Å²) in [4.78, 5) is 25.4. The third-order valence-electron chi connectivity index (χ3n) is 4.57. The fraction of sp³-hybridized carbons (Fsp3) is 0.375. The number of allylic oxidation sites excluding steroid dienone is 1. The van der Waals surface area contributed by atoms with Gasteiger partial charge in [0.2, 0.25) is 0 Å². The maximum absolute atomic E-state index is 12.8. The number of aromatic nitrogens is 3. The van der Waals surface area contributed by atoms with Crippen molar-refractivity contribution in [1.29, 1.82) is 0 Å². The number of hydrogen-bond donors (Lipinski definition) is 1. The Kier molecular flexibility index (Phi) is 2.94. The van der Waals surface area contributed by atoms with E-state index in [0.29, 0.717) is 18.7 Å². The Balaban J connectivity index is 1.95. The highest BCUT2D eigenvalue weighted by molar-refractivity contribution is 5.31. The van der Waals surface area contributed by atoms with Gasteiger partial charge in [-0.15, -0.1) is 0 Å². The second-order valence-electron chi connectivity index (χ2n) is 5.85. The minimum atomic E-state index is -0.615. The topological polar surface area (TPSA) is 69.2 Å². The van der Waals surface area contributed by atoms with Crippen LogP contribution in [0.15, 0.2) is 51.6 Å². The summed E-state index contributed by atoms with van der Waals surface area (Å²) in [5.41, 5.74) is 0.877. The van der Waals surface area contributed by atoms with Crippen LogP contribution in [0.3, 0.4) is 0 Å². The van der Waals surface area contributed by atoms with Crippen LogP contribution in [-0.4, -0.2) is 25.1 Å². The van der Waals surface area contributed by atoms with Crippen molar-refractivity contribution >= 4 is 0 Å². The molecule has 6 heteroatoms. The largest absolute Gasteiger partial charge is 0.391 e. The molecule has 1 N–H and O–H groups in total. The first-order chi connectivity index (χ1) is 10.7. The van der Waals surface area contributed by atoms with Gasteiger partial charge in [-0.05, 0) is 37.0 Å². The average molecular weight is 299 g/mol. The van der Waals surface area contributed by atoms with Crippen LogP contribution >= 0.6 is 0 Å². The summed E-state index contributed by atoms with van der Waals surface area (Å²) in [6.07, 6.45) is 3.80. The standard InChI is InChI=1S/C16H17N3O3/c20-13-8-4-5-11-9-10-17-15(21)18(12-6-2-1-3-7-12)16(22)19(17)14(11)13/h1-3,6-7,9,13-14,20H,4-5,8,10H2/t13-,14-/m1/s1. The summed E-state index contributed by atoms with van der Waals surface area (Å²) in [6, 6.07) is 8.49. The van der Waals surface area contributed by atoms with Gasteiger partial charge in [-0.2, -0.15) is 0 Å². The summed E-state index contributed by atoms with van der Waals surface area (Å²) in [5, 5.41) is 10.3. The van der Waals surface area contributed by atoms with Crippen LogP contribution in [0.4, 0.5) is 0 Å².